The molecule has 2 atom stereocenters. The van der Waals surface area contributed by atoms with E-state index in [4.69, 9.17) is 49.0 Å². The third-order valence-corrected chi connectivity index (χ3v) is 6.46. The van der Waals surface area contributed by atoms with Crippen molar-refractivity contribution in [3.63, 3.8) is 0 Å². The number of imidazole rings is 1. The zero-order valence-electron chi connectivity index (χ0n) is 18.0. The molecular weight excluding hydrogens is 495 g/mol. The lowest BCUT2D eigenvalue weighted by Crippen LogP contribution is -2.34. The maximum Gasteiger partial charge on any atom is 0.215 e. The number of benzene rings is 3. The molecule has 34 heavy (non-hydrogen) atoms. The molecule has 0 amide bonds. The highest BCUT2D eigenvalue weighted by Gasteiger charge is 2.45. The van der Waals surface area contributed by atoms with E-state index >= 15 is 0 Å². The molecule has 4 aromatic rings. The van der Waals surface area contributed by atoms with Gasteiger partial charge in [-0.2, -0.15) is 0 Å². The van der Waals surface area contributed by atoms with Gasteiger partial charge in [0.15, 0.2) is 0 Å². The molecule has 2 heterocycles. The van der Waals surface area contributed by atoms with Crippen LogP contribution in [0.2, 0.25) is 15.1 Å². The van der Waals surface area contributed by atoms with Gasteiger partial charge in [-0.25, -0.2) is 4.98 Å². The minimum Gasteiger partial charge on any atom is -0.489 e. The second-order valence-corrected chi connectivity index (χ2v) is 9.24. The van der Waals surface area contributed by atoms with Crippen LogP contribution in [0.4, 0.5) is 0 Å². The summed E-state index contributed by atoms with van der Waals surface area (Å²) in [6.07, 6.45) is 4.92. The van der Waals surface area contributed by atoms with E-state index in [-0.39, 0.29) is 12.7 Å². The first-order valence-corrected chi connectivity index (χ1v) is 11.9. The average molecular weight is 516 g/mol. The Hall–Kier alpha value is -2.54. The van der Waals surface area contributed by atoms with Crippen molar-refractivity contribution < 1.29 is 14.2 Å². The number of aromatic nitrogens is 2. The van der Waals surface area contributed by atoms with Crippen LogP contribution in [-0.4, -0.2) is 28.9 Å². The van der Waals surface area contributed by atoms with Crippen molar-refractivity contribution in [1.29, 1.82) is 0 Å². The van der Waals surface area contributed by atoms with E-state index in [0.29, 0.717) is 39.5 Å². The van der Waals surface area contributed by atoms with Crippen LogP contribution < -0.4 is 4.74 Å². The third-order valence-electron chi connectivity index (χ3n) is 5.61. The lowest BCUT2D eigenvalue weighted by atomic mass is 10.1. The summed E-state index contributed by atoms with van der Waals surface area (Å²) in [6.45, 7) is 0.964. The summed E-state index contributed by atoms with van der Waals surface area (Å²) in [5.74, 6) is -0.515. The zero-order valence-corrected chi connectivity index (χ0v) is 20.3. The molecule has 0 aliphatic carbocycles. The maximum atomic E-state index is 6.53. The van der Waals surface area contributed by atoms with Gasteiger partial charge in [-0.3, -0.25) is 0 Å². The van der Waals surface area contributed by atoms with Gasteiger partial charge in [0, 0.05) is 23.0 Å². The summed E-state index contributed by atoms with van der Waals surface area (Å²) >= 11 is 19.1. The van der Waals surface area contributed by atoms with Crippen LogP contribution in [0.15, 0.2) is 85.5 Å². The molecule has 3 aromatic carbocycles. The number of rotatable bonds is 7. The van der Waals surface area contributed by atoms with Gasteiger partial charge in [-0.05, 0) is 35.4 Å². The van der Waals surface area contributed by atoms with Crippen LogP contribution in [0.3, 0.4) is 0 Å². The molecule has 0 saturated carbocycles. The van der Waals surface area contributed by atoms with E-state index in [1.807, 2.05) is 65.4 Å². The molecule has 0 spiro atoms. The van der Waals surface area contributed by atoms with Crippen LogP contribution in [0.1, 0.15) is 5.56 Å². The van der Waals surface area contributed by atoms with Gasteiger partial charge in [0.2, 0.25) is 5.79 Å². The fraction of sp³-hybridized carbons (Fsp3) is 0.192. The quantitative estimate of drug-likeness (QED) is 0.270. The van der Waals surface area contributed by atoms with Gasteiger partial charge in [-0.15, -0.1) is 0 Å². The Morgan fingerprint density at radius 1 is 0.971 bits per heavy atom. The largest absolute Gasteiger partial charge is 0.489 e. The number of nitrogens with zero attached hydrogens (tertiary/aromatic N) is 2. The number of halogens is 3. The lowest BCUT2D eigenvalue weighted by molar-refractivity contribution is -0.189. The zero-order chi connectivity index (χ0) is 23.5. The van der Waals surface area contributed by atoms with Crippen molar-refractivity contribution in [3.05, 3.63) is 106 Å². The van der Waals surface area contributed by atoms with Crippen molar-refractivity contribution in [1.82, 2.24) is 9.55 Å². The summed E-state index contributed by atoms with van der Waals surface area (Å²) in [7, 11) is 0. The summed E-state index contributed by atoms with van der Waals surface area (Å²) in [5, 5.41) is 1.54. The van der Waals surface area contributed by atoms with Gasteiger partial charge in [0.25, 0.3) is 0 Å². The highest BCUT2D eigenvalue weighted by molar-refractivity contribution is 6.35. The highest BCUT2D eigenvalue weighted by atomic mass is 35.5. The molecule has 0 radical (unpaired) electrons. The smallest absolute Gasteiger partial charge is 0.215 e. The molecule has 0 N–H and O–H groups in total. The fourth-order valence-electron chi connectivity index (χ4n) is 3.99. The summed E-state index contributed by atoms with van der Waals surface area (Å²) in [5.41, 5.74) is 2.81. The van der Waals surface area contributed by atoms with E-state index in [2.05, 4.69) is 4.98 Å². The van der Waals surface area contributed by atoms with E-state index in [1.54, 1.807) is 24.7 Å². The van der Waals surface area contributed by atoms with Crippen molar-refractivity contribution in [2.24, 2.45) is 0 Å². The maximum absolute atomic E-state index is 6.53. The van der Waals surface area contributed by atoms with Crippen molar-refractivity contribution in [2.75, 3.05) is 13.2 Å². The molecule has 1 fully saturated rings. The van der Waals surface area contributed by atoms with E-state index in [1.165, 1.54) is 0 Å². The van der Waals surface area contributed by atoms with Gasteiger partial charge >= 0.3 is 0 Å². The minimum absolute atomic E-state index is 0.265. The number of ether oxygens (including phenoxy) is 3. The van der Waals surface area contributed by atoms with E-state index in [9.17, 15) is 0 Å². The Morgan fingerprint density at radius 2 is 1.82 bits per heavy atom. The van der Waals surface area contributed by atoms with E-state index < -0.39 is 5.79 Å². The Kier molecular flexibility index (Phi) is 6.82. The molecule has 1 aromatic heterocycles. The second kappa shape index (κ2) is 9.98. The predicted molar refractivity (Wildman–Crippen MR) is 134 cm³/mol. The van der Waals surface area contributed by atoms with Gasteiger partial charge in [0.1, 0.15) is 18.5 Å². The van der Waals surface area contributed by atoms with Gasteiger partial charge < -0.3 is 18.8 Å². The first kappa shape index (κ1) is 23.2. The SMILES string of the molecule is Clc1ccc([C@]2(Cn3ccnc3)OC[C@@H](COc3ccc(-c4ccccc4)cc3Cl)O2)c(Cl)c1. The molecular formula is C26H21Cl3N2O3. The predicted octanol–water partition coefficient (Wildman–Crippen LogP) is 6.86. The molecule has 5 nitrogen and oxygen atoms in total. The molecule has 0 bridgehead atoms. The first-order valence-electron chi connectivity index (χ1n) is 10.7. The molecule has 1 aliphatic rings. The molecule has 1 saturated heterocycles. The summed E-state index contributed by atoms with van der Waals surface area (Å²) in [4.78, 5) is 4.12. The summed E-state index contributed by atoms with van der Waals surface area (Å²) in [6, 6.07) is 21.1. The van der Waals surface area contributed by atoms with Crippen LogP contribution in [-0.2, 0) is 21.8 Å². The van der Waals surface area contributed by atoms with Crippen LogP contribution >= 0.6 is 34.8 Å². The van der Waals surface area contributed by atoms with E-state index in [0.717, 1.165) is 11.1 Å². The third kappa shape index (κ3) is 4.95. The highest BCUT2D eigenvalue weighted by Crippen LogP contribution is 2.41. The Balaban J connectivity index is 1.32. The van der Waals surface area contributed by atoms with Crippen molar-refractivity contribution in [2.45, 2.75) is 18.4 Å². The Morgan fingerprint density at radius 3 is 2.56 bits per heavy atom. The molecule has 0 unspecified atom stereocenters. The Labute approximate surface area is 212 Å². The normalized spacial score (nSPS) is 19.9. The van der Waals surface area contributed by atoms with Crippen LogP contribution in [0.5, 0.6) is 5.75 Å². The van der Waals surface area contributed by atoms with Gasteiger partial charge in [-0.1, -0.05) is 77.3 Å². The first-order chi connectivity index (χ1) is 16.5. The van der Waals surface area contributed by atoms with Crippen LogP contribution in [0.25, 0.3) is 11.1 Å². The summed E-state index contributed by atoms with van der Waals surface area (Å²) < 4.78 is 20.5. The monoisotopic (exact) mass is 514 g/mol. The molecule has 8 heteroatoms. The average Bonchev–Trinajstić information content (AvgIpc) is 3.49. The molecule has 174 valence electrons. The van der Waals surface area contributed by atoms with Gasteiger partial charge in [0.05, 0.1) is 29.5 Å². The minimum atomic E-state index is -1.10. The molecule has 1 aliphatic heterocycles. The van der Waals surface area contributed by atoms with Crippen molar-refractivity contribution >= 4 is 34.8 Å². The fourth-order valence-corrected chi connectivity index (χ4v) is 4.77. The van der Waals surface area contributed by atoms with Crippen molar-refractivity contribution in [3.8, 4) is 16.9 Å². The van der Waals surface area contributed by atoms with Crippen LogP contribution in [0, 0.1) is 0 Å². The second-order valence-electron chi connectivity index (χ2n) is 7.99. The Bertz CT molecular complexity index is 1270. The lowest BCUT2D eigenvalue weighted by Gasteiger charge is -2.30. The molecule has 5 rings (SSSR count). The number of hydrogen-bond donors (Lipinski definition) is 0. The number of hydrogen-bond acceptors (Lipinski definition) is 4. The standard InChI is InChI=1S/C26H21Cl3N2O3/c27-20-7-8-22(23(28)13-20)26(16-31-11-10-30-17-31)33-15-21(34-26)14-32-25-9-6-19(12-24(25)29)18-4-2-1-3-5-18/h1-13,17,21H,14-16H2/t21-,26-/m1/s1. The topological polar surface area (TPSA) is 45.5 Å².